The van der Waals surface area contributed by atoms with E-state index in [-0.39, 0.29) is 46.3 Å². The fraction of sp³-hybridized carbons (Fsp3) is 0.333. The summed E-state index contributed by atoms with van der Waals surface area (Å²) in [6.45, 7) is 4.05. The number of benzene rings is 1. The molecule has 3 rings (SSSR count). The molecule has 0 unspecified atom stereocenters. The second kappa shape index (κ2) is 8.14. The van der Waals surface area contributed by atoms with Crippen LogP contribution in [0.2, 0.25) is 0 Å². The number of aromatic hydroxyl groups is 1. The van der Waals surface area contributed by atoms with Gasteiger partial charge in [-0.15, -0.1) is 10.2 Å². The topological polar surface area (TPSA) is 126 Å². The summed E-state index contributed by atoms with van der Waals surface area (Å²) in [6.07, 6.45) is 0. The van der Waals surface area contributed by atoms with Gasteiger partial charge in [0.1, 0.15) is 0 Å². The first-order valence-corrected chi connectivity index (χ1v) is 8.55. The van der Waals surface area contributed by atoms with Crippen molar-refractivity contribution in [2.45, 2.75) is 13.8 Å². The van der Waals surface area contributed by atoms with Crippen LogP contribution in [-0.4, -0.2) is 37.5 Å². The van der Waals surface area contributed by atoms with E-state index in [2.05, 4.69) is 10.2 Å². The molecule has 0 fully saturated rings. The molecule has 0 saturated heterocycles. The summed E-state index contributed by atoms with van der Waals surface area (Å²) in [4.78, 5) is 50.4. The van der Waals surface area contributed by atoms with Crippen molar-refractivity contribution in [3.63, 3.8) is 0 Å². The number of imide groups is 1. The number of hydrogen-bond acceptors (Lipinski definition) is 7. The third-order valence-electron chi connectivity index (χ3n) is 4.39. The zero-order valence-electron chi connectivity index (χ0n) is 16.1. The molecule has 1 aromatic heterocycles. The third-order valence-corrected chi connectivity index (χ3v) is 4.39. The van der Waals surface area contributed by atoms with Crippen LogP contribution in [0.3, 0.4) is 0 Å². The Morgan fingerprint density at radius 3 is 2.28 bits per heavy atom. The Labute approximate surface area is 176 Å². The van der Waals surface area contributed by atoms with E-state index >= 15 is 0 Å². The minimum Gasteiger partial charge on any atom is -0.493 e. The fourth-order valence-corrected chi connectivity index (χ4v) is 2.94. The SMILES string of the molecule is CC(C)CN1C(=O)c2cccc(N=Nc3c(O)n(C)c(=O)n(C)c3=O)c2C1=O.[Cu+2]. The van der Waals surface area contributed by atoms with Gasteiger partial charge in [-0.05, 0) is 18.1 Å². The molecule has 2 aromatic rings. The van der Waals surface area contributed by atoms with Crippen molar-refractivity contribution in [1.29, 1.82) is 0 Å². The van der Waals surface area contributed by atoms with Crippen molar-refractivity contribution in [2.24, 2.45) is 30.2 Å². The molecule has 0 spiro atoms. The average Bonchev–Trinajstić information content (AvgIpc) is 2.90. The largest absolute Gasteiger partial charge is 2.00 e. The van der Waals surface area contributed by atoms with Gasteiger partial charge in [-0.1, -0.05) is 19.9 Å². The molecule has 0 saturated carbocycles. The maximum absolute atomic E-state index is 12.7. The van der Waals surface area contributed by atoms with E-state index < -0.39 is 34.6 Å². The molecule has 0 atom stereocenters. The zero-order chi connectivity index (χ0) is 20.7. The van der Waals surface area contributed by atoms with Gasteiger partial charge < -0.3 is 5.11 Å². The molecule has 1 N–H and O–H groups in total. The molecule has 1 aliphatic rings. The number of aromatic nitrogens is 2. The smallest absolute Gasteiger partial charge is 0.493 e. The van der Waals surface area contributed by atoms with Crippen molar-refractivity contribution >= 4 is 23.2 Å². The number of hydrogen-bond donors (Lipinski definition) is 1. The Morgan fingerprint density at radius 1 is 1.00 bits per heavy atom. The summed E-state index contributed by atoms with van der Waals surface area (Å²) in [7, 11) is 2.53. The Kier molecular flexibility index (Phi) is 6.24. The maximum atomic E-state index is 12.7. The molecule has 11 heteroatoms. The van der Waals surface area contributed by atoms with Gasteiger partial charge in [-0.2, -0.15) is 0 Å². The molecule has 155 valence electrons. The summed E-state index contributed by atoms with van der Waals surface area (Å²) >= 11 is 0. The quantitative estimate of drug-likeness (QED) is 0.430. The van der Waals surface area contributed by atoms with Crippen molar-refractivity contribution in [3.8, 4) is 5.88 Å². The van der Waals surface area contributed by atoms with Gasteiger partial charge in [-0.25, -0.2) is 4.79 Å². The first-order valence-electron chi connectivity index (χ1n) is 8.55. The first kappa shape index (κ1) is 22.3. The van der Waals surface area contributed by atoms with Crippen LogP contribution in [0.5, 0.6) is 5.88 Å². The van der Waals surface area contributed by atoms with E-state index in [4.69, 9.17) is 0 Å². The molecule has 10 nitrogen and oxygen atoms in total. The second-order valence-corrected chi connectivity index (χ2v) is 6.89. The number of amides is 2. The standard InChI is InChI=1S/C18H19N5O5.Cu/c1-9(2)8-23-14(24)10-6-5-7-11(12(10)15(23)25)19-20-13-16(26)21(3)18(28)22(4)17(13)27;/h5-7,9,26H,8H2,1-4H3;/q;+2. The molecular formula is C18H19CuN5O5+2. The molecule has 1 radical (unpaired) electrons. The number of fused-ring (bicyclic) bond motifs is 1. The molecule has 0 bridgehead atoms. The molecular weight excluding hydrogens is 430 g/mol. The van der Waals surface area contributed by atoms with Gasteiger partial charge in [0.25, 0.3) is 17.4 Å². The first-order chi connectivity index (χ1) is 13.1. The monoisotopic (exact) mass is 448 g/mol. The van der Waals surface area contributed by atoms with Gasteiger partial charge in [0.15, 0.2) is 0 Å². The van der Waals surface area contributed by atoms with Crippen molar-refractivity contribution in [1.82, 2.24) is 14.0 Å². The summed E-state index contributed by atoms with van der Waals surface area (Å²) < 4.78 is 1.63. The van der Waals surface area contributed by atoms with Crippen LogP contribution >= 0.6 is 0 Å². The minimum absolute atomic E-state index is 0. The van der Waals surface area contributed by atoms with E-state index in [1.807, 2.05) is 13.8 Å². The van der Waals surface area contributed by atoms with Crippen LogP contribution in [0.15, 0.2) is 38.0 Å². The molecule has 29 heavy (non-hydrogen) atoms. The van der Waals surface area contributed by atoms with E-state index in [1.165, 1.54) is 26.2 Å². The van der Waals surface area contributed by atoms with Crippen LogP contribution in [-0.2, 0) is 31.2 Å². The van der Waals surface area contributed by atoms with Crippen molar-refractivity contribution in [3.05, 3.63) is 50.2 Å². The predicted octanol–water partition coefficient (Wildman–Crippen LogP) is 1.45. The minimum atomic E-state index is -0.833. The number of rotatable bonds is 4. The number of azo groups is 1. The second-order valence-electron chi connectivity index (χ2n) is 6.89. The van der Waals surface area contributed by atoms with Crippen molar-refractivity contribution in [2.75, 3.05) is 6.54 Å². The predicted molar refractivity (Wildman–Crippen MR) is 99.4 cm³/mol. The van der Waals surface area contributed by atoms with Gasteiger partial charge in [0, 0.05) is 20.6 Å². The molecule has 2 amide bonds. The summed E-state index contributed by atoms with van der Waals surface area (Å²) in [5.41, 5.74) is -1.60. The number of carbonyl (C=O) groups is 2. The third kappa shape index (κ3) is 3.66. The van der Waals surface area contributed by atoms with Crippen LogP contribution in [0, 0.1) is 5.92 Å². The summed E-state index contributed by atoms with van der Waals surface area (Å²) in [6, 6.07) is 4.56. The molecule has 0 aliphatic carbocycles. The molecule has 1 aromatic carbocycles. The van der Waals surface area contributed by atoms with E-state index in [0.29, 0.717) is 0 Å². The van der Waals surface area contributed by atoms with Crippen LogP contribution in [0.1, 0.15) is 34.6 Å². The Hall–Kier alpha value is -3.04. The fourth-order valence-electron chi connectivity index (χ4n) is 2.94. The molecule has 2 heterocycles. The Balaban J connectivity index is 0.00000300. The Morgan fingerprint density at radius 2 is 1.66 bits per heavy atom. The van der Waals surface area contributed by atoms with E-state index in [9.17, 15) is 24.3 Å². The van der Waals surface area contributed by atoms with Crippen LogP contribution in [0.25, 0.3) is 0 Å². The van der Waals surface area contributed by atoms with Gasteiger partial charge in [-0.3, -0.25) is 28.4 Å². The van der Waals surface area contributed by atoms with Gasteiger partial charge >= 0.3 is 22.8 Å². The summed E-state index contributed by atoms with van der Waals surface area (Å²) in [5.74, 6) is -1.45. The van der Waals surface area contributed by atoms with Crippen LogP contribution < -0.4 is 11.2 Å². The zero-order valence-corrected chi connectivity index (χ0v) is 17.1. The summed E-state index contributed by atoms with van der Waals surface area (Å²) in [5, 5.41) is 17.7. The van der Waals surface area contributed by atoms with E-state index in [1.54, 1.807) is 6.07 Å². The Bertz CT molecular complexity index is 1150. The number of nitrogens with zero attached hydrogens (tertiary/aromatic N) is 5. The average molecular weight is 449 g/mol. The van der Waals surface area contributed by atoms with Gasteiger partial charge in [0.05, 0.1) is 16.8 Å². The van der Waals surface area contributed by atoms with E-state index in [0.717, 1.165) is 14.0 Å². The normalized spacial score (nSPS) is 13.3. The molecule has 1 aliphatic heterocycles. The maximum Gasteiger partial charge on any atom is 2.00 e. The number of carbonyl (C=O) groups excluding carboxylic acids is 2. The van der Waals surface area contributed by atoms with Crippen LogP contribution in [0.4, 0.5) is 11.4 Å². The van der Waals surface area contributed by atoms with Crippen molar-refractivity contribution < 1.29 is 31.8 Å². The van der Waals surface area contributed by atoms with Gasteiger partial charge in [0.2, 0.25) is 11.6 Å².